The van der Waals surface area contributed by atoms with Gasteiger partial charge >= 0.3 is 0 Å². The minimum absolute atomic E-state index is 0.332. The van der Waals surface area contributed by atoms with Gasteiger partial charge in [-0.25, -0.2) is 0 Å². The third kappa shape index (κ3) is 2.36. The molecule has 0 spiro atoms. The number of nitrogens with zero attached hydrogens (tertiary/aromatic N) is 2. The van der Waals surface area contributed by atoms with Gasteiger partial charge in [0.15, 0.2) is 0 Å². The molecule has 1 aromatic heterocycles. The molecule has 3 rings (SSSR count). The minimum atomic E-state index is 0.332. The maximum Gasteiger partial charge on any atom is 0.0699 e. The monoisotopic (exact) mass is 327 g/mol. The van der Waals surface area contributed by atoms with E-state index < -0.39 is 0 Å². The lowest BCUT2D eigenvalue weighted by Gasteiger charge is -2.29. The molecule has 4 atom stereocenters. The van der Waals surface area contributed by atoms with Crippen LogP contribution in [-0.4, -0.2) is 29.0 Å². The van der Waals surface area contributed by atoms with E-state index in [1.807, 2.05) is 13.2 Å². The summed E-state index contributed by atoms with van der Waals surface area (Å²) in [5, 5.41) is 8.00. The molecule has 2 bridgehead atoms. The molecule has 1 aromatic rings. The van der Waals surface area contributed by atoms with Gasteiger partial charge in [-0.2, -0.15) is 5.10 Å². The zero-order valence-electron chi connectivity index (χ0n) is 11.6. The zero-order valence-corrected chi connectivity index (χ0v) is 13.2. The third-order valence-corrected chi connectivity index (χ3v) is 5.07. The topological polar surface area (TPSA) is 39.1 Å². The van der Waals surface area contributed by atoms with Gasteiger partial charge in [0.25, 0.3) is 0 Å². The van der Waals surface area contributed by atoms with Crippen molar-refractivity contribution in [3.05, 3.63) is 16.4 Å². The summed E-state index contributed by atoms with van der Waals surface area (Å²) in [4.78, 5) is 0. The van der Waals surface area contributed by atoms with E-state index in [1.165, 1.54) is 25.0 Å². The molecule has 2 aliphatic rings. The van der Waals surface area contributed by atoms with Crippen LogP contribution in [-0.2, 0) is 11.3 Å². The van der Waals surface area contributed by atoms with Crippen molar-refractivity contribution in [2.45, 2.75) is 57.4 Å². The van der Waals surface area contributed by atoms with E-state index in [0.29, 0.717) is 24.2 Å². The number of fused-ring (bicyclic) bond motifs is 2. The molecule has 5 heteroatoms. The van der Waals surface area contributed by atoms with Crippen molar-refractivity contribution in [2.24, 2.45) is 5.92 Å². The van der Waals surface area contributed by atoms with Crippen LogP contribution >= 0.6 is 15.9 Å². The smallest absolute Gasteiger partial charge is 0.0699 e. The lowest BCUT2D eigenvalue weighted by Crippen LogP contribution is -2.33. The van der Waals surface area contributed by atoms with E-state index >= 15 is 0 Å². The SMILES string of the molecule is CCCn1ncc(Br)c1C(NC)C1CC2CCC1O2. The summed E-state index contributed by atoms with van der Waals surface area (Å²) in [6.07, 6.45) is 7.58. The third-order valence-electron chi connectivity index (χ3n) is 4.46. The second-order valence-electron chi connectivity index (χ2n) is 5.64. The van der Waals surface area contributed by atoms with E-state index in [4.69, 9.17) is 4.74 Å². The van der Waals surface area contributed by atoms with Crippen molar-refractivity contribution < 1.29 is 4.74 Å². The van der Waals surface area contributed by atoms with Crippen molar-refractivity contribution in [1.82, 2.24) is 15.1 Å². The van der Waals surface area contributed by atoms with Gasteiger partial charge < -0.3 is 10.1 Å². The van der Waals surface area contributed by atoms with Gasteiger partial charge in [0.2, 0.25) is 0 Å². The van der Waals surface area contributed by atoms with Gasteiger partial charge in [-0.3, -0.25) is 4.68 Å². The maximum atomic E-state index is 6.02. The fourth-order valence-electron chi connectivity index (χ4n) is 3.65. The predicted octanol–water partition coefficient (Wildman–Crippen LogP) is 2.88. The zero-order chi connectivity index (χ0) is 13.4. The maximum absolute atomic E-state index is 6.02. The Balaban J connectivity index is 1.87. The summed E-state index contributed by atoms with van der Waals surface area (Å²) in [7, 11) is 2.05. The number of hydrogen-bond acceptors (Lipinski definition) is 3. The van der Waals surface area contributed by atoms with E-state index in [1.54, 1.807) is 0 Å². The van der Waals surface area contributed by atoms with Crippen LogP contribution in [0.3, 0.4) is 0 Å². The Morgan fingerprint density at radius 3 is 3.00 bits per heavy atom. The molecule has 0 amide bonds. The van der Waals surface area contributed by atoms with Crippen LogP contribution in [0.5, 0.6) is 0 Å². The molecule has 2 fully saturated rings. The van der Waals surface area contributed by atoms with Crippen LogP contribution in [0.2, 0.25) is 0 Å². The van der Waals surface area contributed by atoms with E-state index in [-0.39, 0.29) is 0 Å². The average Bonchev–Trinajstić information content (AvgIpc) is 3.10. The van der Waals surface area contributed by atoms with E-state index in [9.17, 15) is 0 Å². The Kier molecular flexibility index (Phi) is 3.96. The van der Waals surface area contributed by atoms with Gasteiger partial charge in [0, 0.05) is 12.5 Å². The summed E-state index contributed by atoms with van der Waals surface area (Å²) in [6.45, 7) is 3.16. The lowest BCUT2D eigenvalue weighted by atomic mass is 9.82. The minimum Gasteiger partial charge on any atom is -0.375 e. The van der Waals surface area contributed by atoms with Gasteiger partial charge in [-0.15, -0.1) is 0 Å². The Labute approximate surface area is 123 Å². The average molecular weight is 328 g/mol. The summed E-state index contributed by atoms with van der Waals surface area (Å²) in [5.41, 5.74) is 1.28. The number of rotatable bonds is 5. The Morgan fingerprint density at radius 1 is 1.58 bits per heavy atom. The first-order valence-corrected chi connectivity index (χ1v) is 8.07. The van der Waals surface area contributed by atoms with Crippen LogP contribution in [0, 0.1) is 5.92 Å². The van der Waals surface area contributed by atoms with Gasteiger partial charge in [-0.05, 0) is 48.7 Å². The predicted molar refractivity (Wildman–Crippen MR) is 78.0 cm³/mol. The van der Waals surface area contributed by atoms with Gasteiger partial charge in [-0.1, -0.05) is 6.92 Å². The molecule has 2 aliphatic heterocycles. The molecule has 0 aliphatic carbocycles. The van der Waals surface area contributed by atoms with Crippen LogP contribution in [0.1, 0.15) is 44.3 Å². The van der Waals surface area contributed by atoms with Crippen molar-refractivity contribution in [1.29, 1.82) is 0 Å². The summed E-state index contributed by atoms with van der Waals surface area (Å²) >= 11 is 3.66. The molecular formula is C14H22BrN3O. The number of halogens is 1. The number of aromatic nitrogens is 2. The highest BCUT2D eigenvalue weighted by Gasteiger charge is 2.45. The number of aryl methyl sites for hydroxylation is 1. The van der Waals surface area contributed by atoms with Crippen LogP contribution in [0.25, 0.3) is 0 Å². The summed E-state index contributed by atoms with van der Waals surface area (Å²) in [6, 6.07) is 0.332. The molecule has 106 valence electrons. The van der Waals surface area contributed by atoms with Crippen LogP contribution in [0.15, 0.2) is 10.7 Å². The highest BCUT2D eigenvalue weighted by atomic mass is 79.9. The summed E-state index contributed by atoms with van der Waals surface area (Å²) < 4.78 is 9.27. The lowest BCUT2D eigenvalue weighted by molar-refractivity contribution is 0.0855. The molecule has 3 heterocycles. The fraction of sp³-hybridized carbons (Fsp3) is 0.786. The molecular weight excluding hydrogens is 306 g/mol. The van der Waals surface area contributed by atoms with E-state index in [2.05, 4.69) is 38.0 Å². The molecule has 2 saturated heterocycles. The quantitative estimate of drug-likeness (QED) is 0.903. The fourth-order valence-corrected chi connectivity index (χ4v) is 4.20. The van der Waals surface area contributed by atoms with E-state index in [0.717, 1.165) is 17.4 Å². The second-order valence-corrected chi connectivity index (χ2v) is 6.50. The highest BCUT2D eigenvalue weighted by Crippen LogP contribution is 2.45. The molecule has 19 heavy (non-hydrogen) atoms. The second kappa shape index (κ2) is 5.54. The molecule has 4 unspecified atom stereocenters. The Bertz CT molecular complexity index is 448. The summed E-state index contributed by atoms with van der Waals surface area (Å²) in [5.74, 6) is 0.576. The van der Waals surface area contributed by atoms with Crippen molar-refractivity contribution in [3.8, 4) is 0 Å². The molecule has 0 aromatic carbocycles. The standard InChI is InChI=1S/C14H22BrN3O/c1-3-6-18-14(11(15)8-17-18)13(16-2)10-7-9-4-5-12(10)19-9/h8-10,12-13,16H,3-7H2,1-2H3. The first kappa shape index (κ1) is 13.6. The van der Waals surface area contributed by atoms with Crippen LogP contribution in [0.4, 0.5) is 0 Å². The number of hydrogen-bond donors (Lipinski definition) is 1. The largest absolute Gasteiger partial charge is 0.375 e. The normalized spacial score (nSPS) is 31.0. The molecule has 0 radical (unpaired) electrons. The molecule has 0 saturated carbocycles. The molecule has 4 nitrogen and oxygen atoms in total. The van der Waals surface area contributed by atoms with Crippen LogP contribution < -0.4 is 5.32 Å². The Morgan fingerprint density at radius 2 is 2.42 bits per heavy atom. The molecule has 1 N–H and O–H groups in total. The highest BCUT2D eigenvalue weighted by molar-refractivity contribution is 9.10. The Hall–Kier alpha value is -0.390. The van der Waals surface area contributed by atoms with Crippen molar-refractivity contribution in [3.63, 3.8) is 0 Å². The van der Waals surface area contributed by atoms with Crippen molar-refractivity contribution in [2.75, 3.05) is 7.05 Å². The van der Waals surface area contributed by atoms with Crippen molar-refractivity contribution >= 4 is 15.9 Å². The first-order valence-electron chi connectivity index (χ1n) is 7.28. The number of ether oxygens (including phenoxy) is 1. The van der Waals surface area contributed by atoms with Gasteiger partial charge in [0.05, 0.1) is 34.6 Å². The first-order chi connectivity index (χ1) is 9.24. The number of nitrogens with one attached hydrogen (secondary N) is 1. The van der Waals surface area contributed by atoms with Gasteiger partial charge in [0.1, 0.15) is 0 Å².